The molecule has 0 spiro atoms. The number of ether oxygens (including phenoxy) is 2. The van der Waals surface area contributed by atoms with E-state index < -0.39 is 0 Å². The highest BCUT2D eigenvalue weighted by molar-refractivity contribution is 5.69. The van der Waals surface area contributed by atoms with Gasteiger partial charge in [0.2, 0.25) is 0 Å². The monoisotopic (exact) mass is 510 g/mol. The molecule has 0 saturated heterocycles. The van der Waals surface area contributed by atoms with Crippen molar-refractivity contribution in [3.63, 3.8) is 0 Å². The second kappa shape index (κ2) is 28.5. The van der Waals surface area contributed by atoms with Gasteiger partial charge in [0.05, 0.1) is 6.61 Å². The van der Waals surface area contributed by atoms with Gasteiger partial charge in [-0.3, -0.25) is 9.59 Å². The van der Waals surface area contributed by atoms with Crippen LogP contribution in [0.5, 0.6) is 0 Å². The first-order valence-electron chi connectivity index (χ1n) is 16.0. The van der Waals surface area contributed by atoms with Crippen molar-refractivity contribution in [2.45, 2.75) is 187 Å². The van der Waals surface area contributed by atoms with Crippen molar-refractivity contribution in [1.82, 2.24) is 0 Å². The van der Waals surface area contributed by atoms with E-state index in [1.165, 1.54) is 77.0 Å². The van der Waals surface area contributed by atoms with Gasteiger partial charge in [0.25, 0.3) is 0 Å². The zero-order valence-electron chi connectivity index (χ0n) is 24.6. The van der Waals surface area contributed by atoms with Crippen LogP contribution in [0.25, 0.3) is 0 Å². The maximum atomic E-state index is 12.0. The van der Waals surface area contributed by atoms with E-state index in [9.17, 15) is 9.59 Å². The van der Waals surface area contributed by atoms with E-state index in [0.717, 1.165) is 70.6 Å². The standard InChI is InChI=1S/C32H62O4/c1-4-7-9-10-11-12-13-14-15-16-19-22-25-29-35-31(33)27-23-20-17-18-21-24-28-32(34)36-30(6-3)26-8-5-2/h30H,4-29H2,1-3H3. The van der Waals surface area contributed by atoms with Crippen molar-refractivity contribution in [2.75, 3.05) is 6.61 Å². The average Bonchev–Trinajstić information content (AvgIpc) is 2.88. The largest absolute Gasteiger partial charge is 0.466 e. The smallest absolute Gasteiger partial charge is 0.306 e. The predicted molar refractivity (Wildman–Crippen MR) is 153 cm³/mol. The third kappa shape index (κ3) is 26.0. The van der Waals surface area contributed by atoms with E-state index in [1.54, 1.807) is 0 Å². The summed E-state index contributed by atoms with van der Waals surface area (Å²) in [5.74, 6) is -0.0746. The van der Waals surface area contributed by atoms with Crippen LogP contribution in [0.2, 0.25) is 0 Å². The van der Waals surface area contributed by atoms with Gasteiger partial charge in [-0.1, -0.05) is 136 Å². The summed E-state index contributed by atoms with van der Waals surface area (Å²) in [5, 5.41) is 0. The molecule has 0 aliphatic carbocycles. The zero-order valence-corrected chi connectivity index (χ0v) is 24.6. The van der Waals surface area contributed by atoms with Gasteiger partial charge in [-0.25, -0.2) is 0 Å². The van der Waals surface area contributed by atoms with Gasteiger partial charge >= 0.3 is 11.9 Å². The van der Waals surface area contributed by atoms with Crippen molar-refractivity contribution < 1.29 is 19.1 Å². The van der Waals surface area contributed by atoms with Gasteiger partial charge in [0, 0.05) is 12.8 Å². The maximum Gasteiger partial charge on any atom is 0.306 e. The Hall–Kier alpha value is -1.06. The molecule has 0 N–H and O–H groups in total. The Kier molecular flexibility index (Phi) is 27.7. The van der Waals surface area contributed by atoms with E-state index in [1.807, 2.05) is 0 Å². The minimum atomic E-state index is -0.0378. The maximum absolute atomic E-state index is 12.0. The van der Waals surface area contributed by atoms with Crippen LogP contribution >= 0.6 is 0 Å². The SMILES string of the molecule is CCCCCCCCCCCCCCCOC(=O)CCCCCCCCC(=O)OC(CC)CCCC. The normalized spacial score (nSPS) is 12.0. The van der Waals surface area contributed by atoms with E-state index in [2.05, 4.69) is 20.8 Å². The van der Waals surface area contributed by atoms with Crippen molar-refractivity contribution in [3.8, 4) is 0 Å². The summed E-state index contributed by atoms with van der Waals surface area (Å²) in [6.45, 7) is 7.11. The Bertz CT molecular complexity index is 477. The lowest BCUT2D eigenvalue weighted by molar-refractivity contribution is -0.149. The van der Waals surface area contributed by atoms with Crippen LogP contribution in [0.15, 0.2) is 0 Å². The molecule has 4 nitrogen and oxygen atoms in total. The highest BCUT2D eigenvalue weighted by Gasteiger charge is 2.11. The fourth-order valence-corrected chi connectivity index (χ4v) is 4.65. The minimum Gasteiger partial charge on any atom is -0.466 e. The molecule has 1 unspecified atom stereocenters. The molecule has 0 aliphatic heterocycles. The van der Waals surface area contributed by atoms with E-state index >= 15 is 0 Å². The van der Waals surface area contributed by atoms with Crippen molar-refractivity contribution in [3.05, 3.63) is 0 Å². The summed E-state index contributed by atoms with van der Waals surface area (Å²) < 4.78 is 11.0. The minimum absolute atomic E-state index is 0.0368. The molecule has 36 heavy (non-hydrogen) atoms. The van der Waals surface area contributed by atoms with E-state index in [4.69, 9.17) is 9.47 Å². The van der Waals surface area contributed by atoms with Gasteiger partial charge in [0.15, 0.2) is 0 Å². The molecule has 0 aromatic carbocycles. The molecular weight excluding hydrogens is 448 g/mol. The van der Waals surface area contributed by atoms with Gasteiger partial charge in [-0.05, 0) is 32.1 Å². The molecule has 0 aromatic heterocycles. The van der Waals surface area contributed by atoms with Crippen molar-refractivity contribution in [1.29, 1.82) is 0 Å². The highest BCUT2D eigenvalue weighted by atomic mass is 16.5. The van der Waals surface area contributed by atoms with Crippen LogP contribution in [-0.4, -0.2) is 24.6 Å². The van der Waals surface area contributed by atoms with E-state index in [0.29, 0.717) is 19.4 Å². The Morgan fingerprint density at radius 1 is 0.500 bits per heavy atom. The number of carbonyl (C=O) groups is 2. The van der Waals surface area contributed by atoms with Gasteiger partial charge in [0.1, 0.15) is 6.10 Å². The fourth-order valence-electron chi connectivity index (χ4n) is 4.65. The van der Waals surface area contributed by atoms with Crippen LogP contribution < -0.4 is 0 Å². The first-order chi connectivity index (χ1) is 17.6. The summed E-state index contributed by atoms with van der Waals surface area (Å²) in [6.07, 6.45) is 28.8. The number of rotatable bonds is 28. The molecule has 4 heteroatoms. The molecule has 0 aliphatic rings. The van der Waals surface area contributed by atoms with Gasteiger partial charge in [-0.2, -0.15) is 0 Å². The van der Waals surface area contributed by atoms with Crippen LogP contribution in [0.4, 0.5) is 0 Å². The van der Waals surface area contributed by atoms with Crippen LogP contribution in [0.1, 0.15) is 181 Å². The molecule has 214 valence electrons. The van der Waals surface area contributed by atoms with Crippen LogP contribution in [0.3, 0.4) is 0 Å². The predicted octanol–water partition coefficient (Wildman–Crippen LogP) is 10.3. The second-order valence-corrected chi connectivity index (χ2v) is 10.7. The highest BCUT2D eigenvalue weighted by Crippen LogP contribution is 2.14. The number of carbonyl (C=O) groups excluding carboxylic acids is 2. The molecule has 0 bridgehead atoms. The molecule has 0 rings (SSSR count). The third-order valence-corrected chi connectivity index (χ3v) is 7.16. The first kappa shape index (κ1) is 34.9. The lowest BCUT2D eigenvalue weighted by Crippen LogP contribution is -2.17. The number of esters is 2. The van der Waals surface area contributed by atoms with Crippen LogP contribution in [0, 0.1) is 0 Å². The van der Waals surface area contributed by atoms with Crippen molar-refractivity contribution >= 4 is 11.9 Å². The third-order valence-electron chi connectivity index (χ3n) is 7.16. The second-order valence-electron chi connectivity index (χ2n) is 10.7. The molecule has 1 atom stereocenters. The lowest BCUT2D eigenvalue weighted by atomic mass is 10.0. The topological polar surface area (TPSA) is 52.6 Å². The first-order valence-corrected chi connectivity index (χ1v) is 16.0. The lowest BCUT2D eigenvalue weighted by Gasteiger charge is -2.15. The summed E-state index contributed by atoms with van der Waals surface area (Å²) in [5.41, 5.74) is 0. The van der Waals surface area contributed by atoms with Crippen LogP contribution in [-0.2, 0) is 19.1 Å². The number of hydrogen-bond donors (Lipinski definition) is 0. The number of unbranched alkanes of at least 4 members (excludes halogenated alkanes) is 18. The fraction of sp³-hybridized carbons (Fsp3) is 0.938. The summed E-state index contributed by atoms with van der Waals surface area (Å²) >= 11 is 0. The number of hydrogen-bond acceptors (Lipinski definition) is 4. The molecular formula is C32H62O4. The van der Waals surface area contributed by atoms with Gasteiger partial charge < -0.3 is 9.47 Å². The summed E-state index contributed by atoms with van der Waals surface area (Å²) in [6, 6.07) is 0. The Morgan fingerprint density at radius 3 is 1.39 bits per heavy atom. The molecule has 0 saturated carbocycles. The van der Waals surface area contributed by atoms with Crippen molar-refractivity contribution in [2.24, 2.45) is 0 Å². The molecule has 0 radical (unpaired) electrons. The zero-order chi connectivity index (χ0) is 26.5. The Balaban J connectivity index is 3.33. The molecule has 0 fully saturated rings. The average molecular weight is 511 g/mol. The quantitative estimate of drug-likeness (QED) is 0.0775. The summed E-state index contributed by atoms with van der Waals surface area (Å²) in [7, 11) is 0. The van der Waals surface area contributed by atoms with Gasteiger partial charge in [-0.15, -0.1) is 0 Å². The Morgan fingerprint density at radius 2 is 0.917 bits per heavy atom. The molecule has 0 amide bonds. The molecule has 0 aromatic rings. The summed E-state index contributed by atoms with van der Waals surface area (Å²) in [4.78, 5) is 23.8. The Labute approximate surface area is 225 Å². The van der Waals surface area contributed by atoms with E-state index in [-0.39, 0.29) is 18.0 Å². The molecule has 0 heterocycles.